The molecule has 126 valence electrons. The molecule has 0 aromatic heterocycles. The van der Waals surface area contributed by atoms with E-state index >= 15 is 0 Å². The van der Waals surface area contributed by atoms with Crippen LogP contribution < -0.4 is 5.32 Å². The van der Waals surface area contributed by atoms with E-state index < -0.39 is 0 Å². The second-order valence-corrected chi connectivity index (χ2v) is 7.90. The number of nitrogens with one attached hydrogen (secondary N) is 1. The lowest BCUT2D eigenvalue weighted by Crippen LogP contribution is -2.53. The monoisotopic (exact) mass is 300 g/mol. The van der Waals surface area contributed by atoms with E-state index in [1.807, 2.05) is 0 Å². The highest BCUT2D eigenvalue weighted by Gasteiger charge is 2.36. The summed E-state index contributed by atoms with van der Waals surface area (Å²) in [5.41, 5.74) is 0.337. The number of nitrogens with zero attached hydrogens (tertiary/aromatic N) is 1. The Balaban J connectivity index is 2.70. The highest BCUT2D eigenvalue weighted by atomic mass is 16.5. The molecular weight excluding hydrogens is 264 g/mol. The molecule has 1 aliphatic heterocycles. The summed E-state index contributed by atoms with van der Waals surface area (Å²) in [6.07, 6.45) is 3.22. The van der Waals surface area contributed by atoms with Gasteiger partial charge in [0.1, 0.15) is 0 Å². The Bertz CT molecular complexity index is 281. The first-order valence-electron chi connectivity index (χ1n) is 8.46. The molecule has 0 amide bonds. The van der Waals surface area contributed by atoms with E-state index in [2.05, 4.69) is 44.8 Å². The molecule has 0 spiro atoms. The smallest absolute Gasteiger partial charge is 0.0546 e. The Labute approximate surface area is 131 Å². The first kappa shape index (κ1) is 18.9. The Morgan fingerprint density at radius 2 is 2.05 bits per heavy atom. The normalized spacial score (nSPS) is 24.0. The molecule has 0 saturated carbocycles. The largest absolute Gasteiger partial charge is 0.396 e. The third kappa shape index (κ3) is 7.09. The van der Waals surface area contributed by atoms with E-state index in [0.717, 1.165) is 45.7 Å². The second kappa shape index (κ2) is 8.47. The van der Waals surface area contributed by atoms with Crippen molar-refractivity contribution in [1.82, 2.24) is 10.2 Å². The van der Waals surface area contributed by atoms with Crippen LogP contribution in [0.5, 0.6) is 0 Å². The summed E-state index contributed by atoms with van der Waals surface area (Å²) in [5, 5.41) is 12.8. The van der Waals surface area contributed by atoms with Gasteiger partial charge in [-0.05, 0) is 53.9 Å². The lowest BCUT2D eigenvalue weighted by molar-refractivity contribution is -0.0340. The number of aliphatic hydroxyl groups is 1. The van der Waals surface area contributed by atoms with Gasteiger partial charge in [0.2, 0.25) is 0 Å². The molecule has 1 aliphatic rings. The van der Waals surface area contributed by atoms with Crippen LogP contribution >= 0.6 is 0 Å². The van der Waals surface area contributed by atoms with Crippen LogP contribution in [0, 0.1) is 5.41 Å². The molecule has 21 heavy (non-hydrogen) atoms. The molecule has 0 aromatic rings. The van der Waals surface area contributed by atoms with Crippen LogP contribution in [-0.4, -0.2) is 61.0 Å². The van der Waals surface area contributed by atoms with Gasteiger partial charge in [0.25, 0.3) is 0 Å². The first-order chi connectivity index (χ1) is 9.78. The minimum atomic E-state index is 0.137. The summed E-state index contributed by atoms with van der Waals surface area (Å²) < 4.78 is 5.82. The first-order valence-corrected chi connectivity index (χ1v) is 8.46. The van der Waals surface area contributed by atoms with Crippen molar-refractivity contribution in [2.75, 3.05) is 39.5 Å². The molecule has 1 heterocycles. The maximum absolute atomic E-state index is 9.11. The lowest BCUT2D eigenvalue weighted by atomic mass is 9.80. The highest BCUT2D eigenvalue weighted by molar-refractivity contribution is 4.90. The van der Waals surface area contributed by atoms with E-state index in [4.69, 9.17) is 9.84 Å². The van der Waals surface area contributed by atoms with Crippen molar-refractivity contribution in [2.45, 2.75) is 65.5 Å². The third-order valence-corrected chi connectivity index (χ3v) is 4.27. The van der Waals surface area contributed by atoms with Crippen LogP contribution in [-0.2, 0) is 4.74 Å². The average Bonchev–Trinajstić information content (AvgIpc) is 2.41. The zero-order chi connectivity index (χ0) is 15.9. The summed E-state index contributed by atoms with van der Waals surface area (Å²) in [6, 6.07) is 0.505. The standard InChI is InChI=1S/C17H36N2O2/c1-15(2)19(9-7-10-20)13-17(8-6-11-21-14-17)12-18-16(3,4)5/h15,18,20H,6-14H2,1-5H3. The van der Waals surface area contributed by atoms with E-state index in [0.29, 0.717) is 6.04 Å². The van der Waals surface area contributed by atoms with Crippen LogP contribution in [0.3, 0.4) is 0 Å². The summed E-state index contributed by atoms with van der Waals surface area (Å²) in [7, 11) is 0. The third-order valence-electron chi connectivity index (χ3n) is 4.27. The lowest BCUT2D eigenvalue weighted by Gasteiger charge is -2.43. The molecule has 1 fully saturated rings. The number of ether oxygens (including phenoxy) is 1. The fourth-order valence-electron chi connectivity index (χ4n) is 2.91. The average molecular weight is 300 g/mol. The summed E-state index contributed by atoms with van der Waals surface area (Å²) in [6.45, 7) is 16.2. The van der Waals surface area contributed by atoms with Gasteiger partial charge in [0, 0.05) is 49.8 Å². The summed E-state index contributed by atoms with van der Waals surface area (Å²) in [5.74, 6) is 0. The molecular formula is C17H36N2O2. The maximum atomic E-state index is 9.11. The van der Waals surface area contributed by atoms with Gasteiger partial charge in [-0.2, -0.15) is 0 Å². The van der Waals surface area contributed by atoms with Gasteiger partial charge >= 0.3 is 0 Å². The zero-order valence-corrected chi connectivity index (χ0v) is 14.7. The minimum Gasteiger partial charge on any atom is -0.396 e. The van der Waals surface area contributed by atoms with Crippen LogP contribution in [0.15, 0.2) is 0 Å². The van der Waals surface area contributed by atoms with Crippen molar-refractivity contribution >= 4 is 0 Å². The van der Waals surface area contributed by atoms with Gasteiger partial charge in [0.05, 0.1) is 6.61 Å². The van der Waals surface area contributed by atoms with Gasteiger partial charge in [-0.3, -0.25) is 0 Å². The van der Waals surface area contributed by atoms with Crippen molar-refractivity contribution in [3.05, 3.63) is 0 Å². The fourth-order valence-corrected chi connectivity index (χ4v) is 2.91. The molecule has 0 radical (unpaired) electrons. The Morgan fingerprint density at radius 1 is 1.33 bits per heavy atom. The summed E-state index contributed by atoms with van der Waals surface area (Å²) in [4.78, 5) is 2.50. The Hall–Kier alpha value is -0.160. The van der Waals surface area contributed by atoms with Crippen molar-refractivity contribution in [2.24, 2.45) is 5.41 Å². The van der Waals surface area contributed by atoms with Crippen LogP contribution in [0.25, 0.3) is 0 Å². The SMILES string of the molecule is CC(C)N(CCCO)CC1(CNC(C)(C)C)CCCOC1. The molecule has 1 atom stereocenters. The topological polar surface area (TPSA) is 44.7 Å². The van der Waals surface area contributed by atoms with E-state index in [1.165, 1.54) is 6.42 Å². The number of hydrogen-bond acceptors (Lipinski definition) is 4. The van der Waals surface area contributed by atoms with Gasteiger partial charge in [0.15, 0.2) is 0 Å². The summed E-state index contributed by atoms with van der Waals surface area (Å²) >= 11 is 0. The van der Waals surface area contributed by atoms with Crippen molar-refractivity contribution in [3.8, 4) is 0 Å². The second-order valence-electron chi connectivity index (χ2n) is 7.90. The molecule has 0 bridgehead atoms. The maximum Gasteiger partial charge on any atom is 0.0546 e. The Morgan fingerprint density at radius 3 is 2.52 bits per heavy atom. The minimum absolute atomic E-state index is 0.137. The predicted octanol–water partition coefficient (Wildman–Crippen LogP) is 2.26. The van der Waals surface area contributed by atoms with Gasteiger partial charge in [-0.25, -0.2) is 0 Å². The quantitative estimate of drug-likeness (QED) is 0.722. The number of rotatable bonds is 8. The van der Waals surface area contributed by atoms with Crippen molar-refractivity contribution in [3.63, 3.8) is 0 Å². The number of hydrogen-bond donors (Lipinski definition) is 2. The van der Waals surface area contributed by atoms with Gasteiger partial charge in [-0.1, -0.05) is 0 Å². The van der Waals surface area contributed by atoms with Crippen LogP contribution in [0.2, 0.25) is 0 Å². The van der Waals surface area contributed by atoms with E-state index in [-0.39, 0.29) is 17.6 Å². The van der Waals surface area contributed by atoms with Gasteiger partial charge < -0.3 is 20.1 Å². The molecule has 0 aromatic carbocycles. The molecule has 0 aliphatic carbocycles. The van der Waals surface area contributed by atoms with Gasteiger partial charge in [-0.15, -0.1) is 0 Å². The van der Waals surface area contributed by atoms with Crippen molar-refractivity contribution < 1.29 is 9.84 Å². The molecule has 2 N–H and O–H groups in total. The zero-order valence-electron chi connectivity index (χ0n) is 14.7. The van der Waals surface area contributed by atoms with Crippen molar-refractivity contribution in [1.29, 1.82) is 0 Å². The molecule has 1 rings (SSSR count). The van der Waals surface area contributed by atoms with E-state index in [1.54, 1.807) is 0 Å². The molecule has 4 heteroatoms. The molecule has 1 unspecified atom stereocenters. The van der Waals surface area contributed by atoms with E-state index in [9.17, 15) is 0 Å². The fraction of sp³-hybridized carbons (Fsp3) is 1.00. The van der Waals surface area contributed by atoms with Crippen LogP contribution in [0.4, 0.5) is 0 Å². The van der Waals surface area contributed by atoms with Crippen LogP contribution in [0.1, 0.15) is 53.9 Å². The Kier molecular flexibility index (Phi) is 7.62. The molecule has 4 nitrogen and oxygen atoms in total. The highest BCUT2D eigenvalue weighted by Crippen LogP contribution is 2.30. The molecule has 1 saturated heterocycles. The number of aliphatic hydroxyl groups excluding tert-OH is 1. The predicted molar refractivity (Wildman–Crippen MR) is 88.7 cm³/mol.